The van der Waals surface area contributed by atoms with E-state index in [9.17, 15) is 15.9 Å². The predicted molar refractivity (Wildman–Crippen MR) is 166 cm³/mol. The Morgan fingerprint density at radius 2 is 1.57 bits per heavy atom. The lowest BCUT2D eigenvalue weighted by atomic mass is 9.81. The van der Waals surface area contributed by atoms with Crippen molar-refractivity contribution in [3.63, 3.8) is 0 Å². The van der Waals surface area contributed by atoms with Gasteiger partial charge in [-0.1, -0.05) is 77.0 Å². The number of carbonyl (C=O) groups excluding carboxylic acids is 1. The average molecular weight is 589 g/mol. The molecular weight excluding hydrogens is 560 g/mol. The third-order valence-electron chi connectivity index (χ3n) is 7.04. The van der Waals surface area contributed by atoms with E-state index in [0.29, 0.717) is 46.8 Å². The summed E-state index contributed by atoms with van der Waals surface area (Å²) >= 11 is 0. The number of ether oxygens (including phenoxy) is 2. The van der Waals surface area contributed by atoms with Crippen molar-refractivity contribution in [2.45, 2.75) is 24.5 Å². The molecule has 4 aromatic carbocycles. The van der Waals surface area contributed by atoms with E-state index >= 15 is 0 Å². The van der Waals surface area contributed by atoms with Gasteiger partial charge in [0.1, 0.15) is 5.75 Å². The van der Waals surface area contributed by atoms with Crippen molar-refractivity contribution in [2.24, 2.45) is 15.2 Å². The van der Waals surface area contributed by atoms with Gasteiger partial charge in [0.2, 0.25) is 5.90 Å². The molecule has 0 saturated heterocycles. The van der Waals surface area contributed by atoms with Crippen LogP contribution >= 0.6 is 0 Å². The van der Waals surface area contributed by atoms with Crippen molar-refractivity contribution in [2.75, 3.05) is 18.5 Å². The van der Waals surface area contributed by atoms with Gasteiger partial charge in [0.25, 0.3) is 5.91 Å². The van der Waals surface area contributed by atoms with E-state index in [1.165, 1.54) is 0 Å². The summed E-state index contributed by atoms with van der Waals surface area (Å²) in [6, 6.07) is 29.8. The molecule has 0 unspecified atom stereocenters. The third-order valence-corrected chi connectivity index (χ3v) is 7.04. The minimum absolute atomic E-state index is 0.0119. The third kappa shape index (κ3) is 6.48. The first-order valence-electron chi connectivity index (χ1n) is 13.8. The van der Waals surface area contributed by atoms with Crippen LogP contribution in [-0.2, 0) is 16.0 Å². The van der Waals surface area contributed by atoms with Crippen LogP contribution in [0.25, 0.3) is 20.9 Å². The van der Waals surface area contributed by atoms with Crippen LogP contribution in [0.2, 0.25) is 0 Å². The molecule has 220 valence electrons. The molecule has 4 aromatic rings. The summed E-state index contributed by atoms with van der Waals surface area (Å²) in [5, 5.41) is 19.8. The molecule has 0 aliphatic carbocycles. The van der Waals surface area contributed by atoms with E-state index in [0.717, 1.165) is 0 Å². The van der Waals surface area contributed by atoms with Crippen LogP contribution in [-0.4, -0.2) is 35.7 Å². The molecule has 0 radical (unpaired) electrons. The van der Waals surface area contributed by atoms with Crippen LogP contribution in [0.4, 0.5) is 17.1 Å². The molecule has 44 heavy (non-hydrogen) atoms. The average Bonchev–Trinajstić information content (AvgIpc) is 3.44. The number of aliphatic hydroxyl groups excluding tert-OH is 1. The summed E-state index contributed by atoms with van der Waals surface area (Å²) in [5.74, 6) is 0.318. The smallest absolute Gasteiger partial charge is 0.257 e. The fraction of sp³-hybridized carbons (Fsp3) is 0.188. The highest BCUT2D eigenvalue weighted by Crippen LogP contribution is 2.46. The van der Waals surface area contributed by atoms with E-state index in [1.54, 1.807) is 97.1 Å². The van der Waals surface area contributed by atoms with Crippen molar-refractivity contribution >= 4 is 28.9 Å². The number of hydrogen-bond acceptors (Lipinski definition) is 7. The van der Waals surface area contributed by atoms with Crippen molar-refractivity contribution in [1.29, 1.82) is 0 Å². The molecule has 0 saturated carbocycles. The highest BCUT2D eigenvalue weighted by atomic mass is 16.5. The molecule has 5 rings (SSSR count). The first-order chi connectivity index (χ1) is 21.6. The van der Waals surface area contributed by atoms with E-state index in [4.69, 9.17) is 19.6 Å². The zero-order valence-electron chi connectivity index (χ0n) is 23.5. The van der Waals surface area contributed by atoms with E-state index in [-0.39, 0.29) is 24.6 Å². The number of para-hydroxylation sites is 1. The van der Waals surface area contributed by atoms with Gasteiger partial charge in [-0.05, 0) is 53.0 Å². The van der Waals surface area contributed by atoms with E-state index in [2.05, 4.69) is 25.4 Å². The monoisotopic (exact) mass is 588 g/mol. The highest BCUT2D eigenvalue weighted by molar-refractivity contribution is 6.05. The largest absolute Gasteiger partial charge is 0.494 e. The second kappa shape index (κ2) is 13.9. The van der Waals surface area contributed by atoms with Gasteiger partial charge in [0, 0.05) is 57.5 Å². The van der Waals surface area contributed by atoms with Gasteiger partial charge in [0.15, 0.2) is 11.6 Å². The van der Waals surface area contributed by atoms with E-state index in [1.807, 2.05) is 6.07 Å². The Morgan fingerprint density at radius 1 is 0.909 bits per heavy atom. The van der Waals surface area contributed by atoms with Crippen LogP contribution in [0, 0.1) is 0 Å². The Balaban J connectivity index is 1.67. The standard InChI is InChI=1S/C32H28N8O4/c33-39-37-27-13-6-4-9-23(27)21-32(31(42)35-24-10-2-1-3-11-24)29(26-12-5-7-14-28(26)38-40-34)44-30(36-32)22-15-17-25(18-16-22)43-20-8-19-41/h1-7,9-18,29,41H,8,19-21H2,(H,35,42)/t29-,32-/m1/s1. The van der Waals surface area contributed by atoms with Crippen molar-refractivity contribution in [3.8, 4) is 5.75 Å². The predicted octanol–water partition coefficient (Wildman–Crippen LogP) is 7.47. The van der Waals surface area contributed by atoms with Gasteiger partial charge in [-0.25, -0.2) is 4.99 Å². The van der Waals surface area contributed by atoms with Gasteiger partial charge < -0.3 is 19.9 Å². The summed E-state index contributed by atoms with van der Waals surface area (Å²) in [7, 11) is 0. The zero-order valence-corrected chi connectivity index (χ0v) is 23.5. The minimum Gasteiger partial charge on any atom is -0.494 e. The quantitative estimate of drug-likeness (QED) is 0.0755. The van der Waals surface area contributed by atoms with Crippen LogP contribution in [0.15, 0.2) is 118 Å². The first-order valence-corrected chi connectivity index (χ1v) is 13.8. The minimum atomic E-state index is -1.64. The summed E-state index contributed by atoms with van der Waals surface area (Å²) in [6.07, 6.45) is -0.551. The number of anilines is 1. The summed E-state index contributed by atoms with van der Waals surface area (Å²) in [5.41, 5.74) is 19.7. The molecule has 2 atom stereocenters. The fourth-order valence-electron chi connectivity index (χ4n) is 4.96. The number of benzene rings is 4. The maximum atomic E-state index is 14.5. The number of azide groups is 2. The second-order valence-electron chi connectivity index (χ2n) is 9.85. The first kappa shape index (κ1) is 29.7. The topological polar surface area (TPSA) is 178 Å². The lowest BCUT2D eigenvalue weighted by Gasteiger charge is -2.31. The molecular formula is C32H28N8O4. The van der Waals surface area contributed by atoms with Crippen molar-refractivity contribution in [3.05, 3.63) is 141 Å². The van der Waals surface area contributed by atoms with Gasteiger partial charge in [-0.3, -0.25) is 4.79 Å². The van der Waals surface area contributed by atoms with Crippen LogP contribution in [0.3, 0.4) is 0 Å². The van der Waals surface area contributed by atoms with Gasteiger partial charge in [-0.2, -0.15) is 0 Å². The Kier molecular flexibility index (Phi) is 9.38. The molecule has 0 bridgehead atoms. The van der Waals surface area contributed by atoms with Crippen molar-refractivity contribution < 1.29 is 19.4 Å². The number of hydrogen-bond donors (Lipinski definition) is 2. The number of nitrogens with zero attached hydrogens (tertiary/aromatic N) is 7. The van der Waals surface area contributed by atoms with Crippen LogP contribution < -0.4 is 10.1 Å². The Bertz CT molecular complexity index is 1750. The Morgan fingerprint density at radius 3 is 2.30 bits per heavy atom. The zero-order chi connectivity index (χ0) is 30.8. The van der Waals surface area contributed by atoms with Gasteiger partial charge >= 0.3 is 0 Å². The number of aliphatic imine (C=N–C) groups is 1. The van der Waals surface area contributed by atoms with E-state index < -0.39 is 17.6 Å². The maximum Gasteiger partial charge on any atom is 0.257 e. The summed E-state index contributed by atoms with van der Waals surface area (Å²) in [4.78, 5) is 25.4. The number of carbonyl (C=O) groups is 1. The summed E-state index contributed by atoms with van der Waals surface area (Å²) < 4.78 is 12.2. The van der Waals surface area contributed by atoms with Crippen LogP contribution in [0.1, 0.15) is 29.2 Å². The molecule has 1 amide bonds. The highest BCUT2D eigenvalue weighted by Gasteiger charge is 2.54. The second-order valence-corrected chi connectivity index (χ2v) is 9.85. The molecule has 12 heteroatoms. The molecule has 0 aromatic heterocycles. The lowest BCUT2D eigenvalue weighted by Crippen LogP contribution is -2.46. The fourth-order valence-corrected chi connectivity index (χ4v) is 4.96. The normalized spacial score (nSPS) is 16.9. The molecule has 12 nitrogen and oxygen atoms in total. The molecule has 0 fully saturated rings. The van der Waals surface area contributed by atoms with Crippen molar-refractivity contribution in [1.82, 2.24) is 0 Å². The van der Waals surface area contributed by atoms with Gasteiger partial charge in [-0.15, -0.1) is 0 Å². The maximum absolute atomic E-state index is 14.5. The molecule has 2 N–H and O–H groups in total. The lowest BCUT2D eigenvalue weighted by molar-refractivity contribution is -0.123. The number of nitrogens with one attached hydrogen (secondary N) is 1. The van der Waals surface area contributed by atoms with Crippen LogP contribution in [0.5, 0.6) is 5.75 Å². The molecule has 1 heterocycles. The molecule has 0 spiro atoms. The Hall–Kier alpha value is -5.80. The summed E-state index contributed by atoms with van der Waals surface area (Å²) in [6.45, 7) is 0.385. The molecule has 1 aliphatic heterocycles. The molecule has 1 aliphatic rings. The number of amides is 1. The number of aliphatic hydroxyl groups is 1. The van der Waals surface area contributed by atoms with Gasteiger partial charge in [0.05, 0.1) is 6.61 Å². The Labute approximate surface area is 252 Å². The SMILES string of the molecule is [N-]=[N+]=Nc1ccccc1C[C@@]1(C(=O)Nc2ccccc2)N=C(c2ccc(OCCCO)cc2)O[C@@H]1c1ccccc1N=[N+]=[N-]. The number of rotatable bonds is 12.